The van der Waals surface area contributed by atoms with Gasteiger partial charge in [-0.1, -0.05) is 6.92 Å². The van der Waals surface area contributed by atoms with Crippen molar-refractivity contribution in [2.45, 2.75) is 52.1 Å². The third-order valence-electron chi connectivity index (χ3n) is 3.86. The Morgan fingerprint density at radius 2 is 2.21 bits per heavy atom. The van der Waals surface area contributed by atoms with E-state index in [4.69, 9.17) is 9.52 Å². The fourth-order valence-corrected chi connectivity index (χ4v) is 2.36. The minimum absolute atomic E-state index is 0.172. The molecule has 1 aliphatic carbocycles. The van der Waals surface area contributed by atoms with Gasteiger partial charge in [0.15, 0.2) is 0 Å². The average molecular weight is 265 g/mol. The van der Waals surface area contributed by atoms with Crippen molar-refractivity contribution in [2.75, 3.05) is 6.54 Å². The molecule has 1 aromatic heterocycles. The van der Waals surface area contributed by atoms with E-state index in [9.17, 15) is 4.79 Å². The lowest BCUT2D eigenvalue weighted by molar-refractivity contribution is -0.137. The Labute approximate surface area is 114 Å². The molecule has 4 nitrogen and oxygen atoms in total. The van der Waals surface area contributed by atoms with Crippen molar-refractivity contribution in [1.82, 2.24) is 4.90 Å². The summed E-state index contributed by atoms with van der Waals surface area (Å²) in [6, 6.07) is 4.41. The van der Waals surface area contributed by atoms with Crippen LogP contribution >= 0.6 is 0 Å². The number of furan rings is 1. The molecule has 0 radical (unpaired) electrons. The second kappa shape index (κ2) is 5.78. The van der Waals surface area contributed by atoms with Gasteiger partial charge in [-0.15, -0.1) is 0 Å². The highest BCUT2D eigenvalue weighted by molar-refractivity contribution is 5.66. The predicted octanol–water partition coefficient (Wildman–Crippen LogP) is 3.09. The number of rotatable bonds is 7. The van der Waals surface area contributed by atoms with E-state index in [0.717, 1.165) is 17.4 Å². The first-order chi connectivity index (χ1) is 8.97. The quantitative estimate of drug-likeness (QED) is 0.823. The minimum atomic E-state index is -0.752. The molecule has 0 spiro atoms. The first-order valence-electron chi connectivity index (χ1n) is 7.01. The molecule has 19 heavy (non-hydrogen) atoms. The van der Waals surface area contributed by atoms with Crippen LogP contribution in [0.15, 0.2) is 16.5 Å². The first-order valence-corrected chi connectivity index (χ1v) is 7.01. The summed E-state index contributed by atoms with van der Waals surface area (Å²) >= 11 is 0. The van der Waals surface area contributed by atoms with Crippen molar-refractivity contribution < 1.29 is 14.3 Å². The third-order valence-corrected chi connectivity index (χ3v) is 3.86. The summed E-state index contributed by atoms with van der Waals surface area (Å²) in [5, 5.41) is 8.77. The third kappa shape index (κ3) is 3.83. The molecule has 2 unspecified atom stereocenters. The maximum Gasteiger partial charge on any atom is 0.304 e. The molecular formula is C15H23NO3. The van der Waals surface area contributed by atoms with Gasteiger partial charge in [-0.25, -0.2) is 0 Å². The van der Waals surface area contributed by atoms with E-state index in [0.29, 0.717) is 25.0 Å². The molecule has 1 N–H and O–H groups in total. The summed E-state index contributed by atoms with van der Waals surface area (Å²) < 4.78 is 5.88. The van der Waals surface area contributed by atoms with E-state index in [1.54, 1.807) is 0 Å². The Morgan fingerprint density at radius 1 is 1.53 bits per heavy atom. The molecule has 1 aromatic rings. The van der Waals surface area contributed by atoms with Gasteiger partial charge >= 0.3 is 5.97 Å². The van der Waals surface area contributed by atoms with Crippen LogP contribution in [0, 0.1) is 5.92 Å². The molecule has 0 amide bonds. The zero-order valence-corrected chi connectivity index (χ0v) is 11.9. The number of nitrogens with zero attached hydrogens (tertiary/aromatic N) is 1. The van der Waals surface area contributed by atoms with E-state index in [-0.39, 0.29) is 6.42 Å². The zero-order valence-electron chi connectivity index (χ0n) is 11.9. The lowest BCUT2D eigenvalue weighted by Gasteiger charge is -2.24. The second-order valence-corrected chi connectivity index (χ2v) is 5.83. The van der Waals surface area contributed by atoms with Gasteiger partial charge in [-0.2, -0.15) is 0 Å². The molecule has 2 atom stereocenters. The fraction of sp³-hybridized carbons (Fsp3) is 0.667. The molecule has 0 aliphatic heterocycles. The van der Waals surface area contributed by atoms with E-state index < -0.39 is 5.97 Å². The largest absolute Gasteiger partial charge is 0.481 e. The van der Waals surface area contributed by atoms with Gasteiger partial charge in [0.2, 0.25) is 0 Å². The summed E-state index contributed by atoms with van der Waals surface area (Å²) in [5.74, 6) is 2.61. The zero-order chi connectivity index (χ0) is 14.0. The van der Waals surface area contributed by atoms with Gasteiger partial charge in [-0.05, 0) is 38.3 Å². The monoisotopic (exact) mass is 265 g/mol. The number of carboxylic acids is 1. The van der Waals surface area contributed by atoms with E-state index in [1.165, 1.54) is 6.42 Å². The van der Waals surface area contributed by atoms with Gasteiger partial charge in [0.1, 0.15) is 11.5 Å². The molecule has 0 saturated heterocycles. The molecule has 1 saturated carbocycles. The molecule has 2 rings (SSSR count). The van der Waals surface area contributed by atoms with Crippen molar-refractivity contribution in [3.63, 3.8) is 0 Å². The maximum atomic E-state index is 10.7. The van der Waals surface area contributed by atoms with Gasteiger partial charge in [-0.3, -0.25) is 9.69 Å². The standard InChI is InChI=1S/C15H23NO3/c1-10(2)16(7-6-15(17)18)9-12-4-5-14(19-12)13-8-11(13)3/h4-5,10-11,13H,6-9H2,1-3H3,(H,17,18). The van der Waals surface area contributed by atoms with Crippen LogP contribution in [-0.2, 0) is 11.3 Å². The number of carboxylic acid groups (broad SMARTS) is 1. The van der Waals surface area contributed by atoms with E-state index >= 15 is 0 Å². The lowest BCUT2D eigenvalue weighted by atomic mass is 10.2. The van der Waals surface area contributed by atoms with Gasteiger partial charge in [0.25, 0.3) is 0 Å². The van der Waals surface area contributed by atoms with Gasteiger partial charge in [0.05, 0.1) is 13.0 Å². The summed E-state index contributed by atoms with van der Waals surface area (Å²) in [6.07, 6.45) is 1.39. The number of carbonyl (C=O) groups is 1. The van der Waals surface area contributed by atoms with Crippen LogP contribution in [0.25, 0.3) is 0 Å². The molecular weight excluding hydrogens is 242 g/mol. The molecule has 4 heteroatoms. The lowest BCUT2D eigenvalue weighted by Crippen LogP contribution is -2.32. The van der Waals surface area contributed by atoms with Gasteiger partial charge < -0.3 is 9.52 Å². The van der Waals surface area contributed by atoms with E-state index in [2.05, 4.69) is 31.7 Å². The maximum absolute atomic E-state index is 10.7. The van der Waals surface area contributed by atoms with Crippen LogP contribution in [0.3, 0.4) is 0 Å². The molecule has 0 bridgehead atoms. The van der Waals surface area contributed by atoms with Crippen molar-refractivity contribution >= 4 is 5.97 Å². The molecule has 1 fully saturated rings. The Balaban J connectivity index is 1.92. The van der Waals surface area contributed by atoms with E-state index in [1.807, 2.05) is 6.07 Å². The Kier molecular flexibility index (Phi) is 4.30. The summed E-state index contributed by atoms with van der Waals surface area (Å²) in [6.45, 7) is 7.64. The highest BCUT2D eigenvalue weighted by Crippen LogP contribution is 2.47. The Morgan fingerprint density at radius 3 is 2.74 bits per heavy atom. The second-order valence-electron chi connectivity index (χ2n) is 5.83. The molecule has 1 heterocycles. The van der Waals surface area contributed by atoms with Crippen LogP contribution < -0.4 is 0 Å². The Hall–Kier alpha value is -1.29. The van der Waals surface area contributed by atoms with Crippen molar-refractivity contribution in [1.29, 1.82) is 0 Å². The SMILES string of the molecule is CC1CC1c1ccc(CN(CCC(=O)O)C(C)C)o1. The summed E-state index contributed by atoms with van der Waals surface area (Å²) in [4.78, 5) is 12.8. The fourth-order valence-electron chi connectivity index (χ4n) is 2.36. The highest BCUT2D eigenvalue weighted by atomic mass is 16.4. The molecule has 0 aromatic carbocycles. The van der Waals surface area contributed by atoms with Crippen LogP contribution in [-0.4, -0.2) is 28.6 Å². The van der Waals surface area contributed by atoms with Crippen LogP contribution in [0.5, 0.6) is 0 Å². The van der Waals surface area contributed by atoms with Crippen molar-refractivity contribution in [3.05, 3.63) is 23.7 Å². The van der Waals surface area contributed by atoms with Crippen LogP contribution in [0.2, 0.25) is 0 Å². The predicted molar refractivity (Wildman–Crippen MR) is 73.0 cm³/mol. The summed E-state index contributed by atoms with van der Waals surface area (Å²) in [7, 11) is 0. The average Bonchev–Trinajstić information content (AvgIpc) is 2.89. The van der Waals surface area contributed by atoms with Crippen LogP contribution in [0.1, 0.15) is 51.1 Å². The molecule has 106 valence electrons. The number of hydrogen-bond acceptors (Lipinski definition) is 3. The highest BCUT2D eigenvalue weighted by Gasteiger charge is 2.36. The minimum Gasteiger partial charge on any atom is -0.481 e. The first kappa shape index (κ1) is 14.1. The Bertz CT molecular complexity index is 438. The van der Waals surface area contributed by atoms with Gasteiger partial charge in [0, 0.05) is 18.5 Å². The number of hydrogen-bond donors (Lipinski definition) is 1. The molecule has 1 aliphatic rings. The van der Waals surface area contributed by atoms with Crippen molar-refractivity contribution in [2.24, 2.45) is 5.92 Å². The topological polar surface area (TPSA) is 53.7 Å². The number of aliphatic carboxylic acids is 1. The summed E-state index contributed by atoms with van der Waals surface area (Å²) in [5.41, 5.74) is 0. The normalized spacial score (nSPS) is 22.2. The smallest absolute Gasteiger partial charge is 0.304 e. The van der Waals surface area contributed by atoms with Crippen LogP contribution in [0.4, 0.5) is 0 Å². The van der Waals surface area contributed by atoms with Crippen molar-refractivity contribution in [3.8, 4) is 0 Å².